The van der Waals surface area contributed by atoms with Crippen LogP contribution in [0, 0.1) is 46.3 Å². The van der Waals surface area contributed by atoms with E-state index < -0.39 is 28.1 Å². The van der Waals surface area contributed by atoms with Crippen LogP contribution in [0.5, 0.6) is 0 Å². The van der Waals surface area contributed by atoms with Gasteiger partial charge in [-0.1, -0.05) is 20.8 Å². The summed E-state index contributed by atoms with van der Waals surface area (Å²) >= 11 is 0. The molecule has 4 aliphatic rings. The summed E-state index contributed by atoms with van der Waals surface area (Å²) in [6.07, 6.45) is 5.56. The first-order valence-electron chi connectivity index (χ1n) is 16.6. The predicted octanol–water partition coefficient (Wildman–Crippen LogP) is 2.20. The first-order chi connectivity index (χ1) is 19.9. The van der Waals surface area contributed by atoms with E-state index in [1.54, 1.807) is 0 Å². The molecule has 11 heteroatoms. The van der Waals surface area contributed by atoms with E-state index in [0.29, 0.717) is 48.7 Å². The minimum Gasteiger partial charge on any atom is -0.393 e. The van der Waals surface area contributed by atoms with Gasteiger partial charge in [0.25, 0.3) is 10.1 Å². The minimum absolute atomic E-state index is 0.00585. The van der Waals surface area contributed by atoms with Gasteiger partial charge >= 0.3 is 0 Å². The molecule has 0 aromatic rings. The molecule has 1 amide bonds. The molecule has 0 aromatic carbocycles. The summed E-state index contributed by atoms with van der Waals surface area (Å²) in [5.74, 6) is 0.890. The third kappa shape index (κ3) is 7.60. The van der Waals surface area contributed by atoms with Crippen molar-refractivity contribution in [3.63, 3.8) is 0 Å². The number of nitrogens with zero attached hydrogens (tertiary/aromatic N) is 1. The number of hydrogen-bond acceptors (Lipinski definition) is 7. The highest BCUT2D eigenvalue weighted by molar-refractivity contribution is 7.85. The number of aliphatic hydroxyl groups is 4. The molecule has 1 unspecified atom stereocenters. The summed E-state index contributed by atoms with van der Waals surface area (Å²) in [6.45, 7) is 8.10. The van der Waals surface area contributed by atoms with Crippen LogP contribution in [0.4, 0.5) is 0 Å². The summed E-state index contributed by atoms with van der Waals surface area (Å²) in [4.78, 5) is 12.7. The van der Waals surface area contributed by atoms with Gasteiger partial charge in [-0.15, -0.1) is 0 Å². The van der Waals surface area contributed by atoms with Gasteiger partial charge in [0.05, 0.1) is 39.0 Å². The standard InChI is InChI=1S/C32H58N2O8S/c1-20(7-10-29(39)33-13-6-14-34(4,5)18-23(36)19-43(40,41)42)24-8-9-25-30-26(17-28(38)32(24,25)3)31(2)12-11-22(35)15-21(31)16-27(30)37/h20-28,30,35-38H,6-19H2,1-5H3,(H-,33,39,40,41,42)/p+1/t20-,21+,22+,23?,24-,25+,26-,27+,28-,30-,31-,32+/m0/s1. The van der Waals surface area contributed by atoms with Crippen molar-refractivity contribution >= 4 is 16.0 Å². The van der Waals surface area contributed by atoms with Crippen molar-refractivity contribution in [3.8, 4) is 0 Å². The van der Waals surface area contributed by atoms with Gasteiger partial charge < -0.3 is 30.2 Å². The molecule has 250 valence electrons. The fourth-order valence-corrected chi connectivity index (χ4v) is 11.1. The molecule has 0 spiro atoms. The molecular weight excluding hydrogens is 572 g/mol. The first-order valence-corrected chi connectivity index (χ1v) is 18.2. The molecule has 0 bridgehead atoms. The fraction of sp³-hybridized carbons (Fsp3) is 0.969. The number of hydrogen-bond donors (Lipinski definition) is 6. The quantitative estimate of drug-likeness (QED) is 0.108. The maximum absolute atomic E-state index is 12.7. The normalized spacial score (nSPS) is 41.1. The summed E-state index contributed by atoms with van der Waals surface area (Å²) in [6, 6.07) is 0. The molecule has 4 saturated carbocycles. The van der Waals surface area contributed by atoms with Crippen LogP contribution in [0.15, 0.2) is 0 Å². The van der Waals surface area contributed by atoms with Crippen molar-refractivity contribution in [2.24, 2.45) is 46.3 Å². The molecule has 4 rings (SSSR count). The molecule has 43 heavy (non-hydrogen) atoms. The molecule has 4 fully saturated rings. The van der Waals surface area contributed by atoms with Crippen LogP contribution in [0.3, 0.4) is 0 Å². The van der Waals surface area contributed by atoms with Gasteiger partial charge in [-0.05, 0) is 97.7 Å². The monoisotopic (exact) mass is 631 g/mol. The lowest BCUT2D eigenvalue weighted by atomic mass is 9.43. The zero-order valence-electron chi connectivity index (χ0n) is 27.0. The van der Waals surface area contributed by atoms with Crippen molar-refractivity contribution in [1.82, 2.24) is 5.32 Å². The predicted molar refractivity (Wildman–Crippen MR) is 164 cm³/mol. The zero-order chi connectivity index (χ0) is 32.0. The Labute approximate surface area is 259 Å². The first kappa shape index (κ1) is 35.0. The number of amides is 1. The van der Waals surface area contributed by atoms with Gasteiger partial charge in [-0.25, -0.2) is 0 Å². The number of likely N-dealkylation sites (N-methyl/N-ethyl adjacent to an activating group) is 1. The Balaban J connectivity index is 1.27. The summed E-state index contributed by atoms with van der Waals surface area (Å²) < 4.78 is 31.3. The average molecular weight is 632 g/mol. The van der Waals surface area contributed by atoms with Gasteiger partial charge in [-0.2, -0.15) is 8.42 Å². The lowest BCUT2D eigenvalue weighted by Crippen LogP contribution is -2.62. The lowest BCUT2D eigenvalue weighted by molar-refractivity contribution is -0.893. The van der Waals surface area contributed by atoms with Gasteiger partial charge in [0.1, 0.15) is 18.4 Å². The molecule has 6 N–H and O–H groups in total. The van der Waals surface area contributed by atoms with E-state index in [1.165, 1.54) is 0 Å². The summed E-state index contributed by atoms with van der Waals surface area (Å²) in [5, 5.41) is 46.5. The maximum atomic E-state index is 12.7. The van der Waals surface area contributed by atoms with Gasteiger partial charge in [-0.3, -0.25) is 9.35 Å². The second-order valence-corrected chi connectivity index (χ2v) is 17.5. The average Bonchev–Trinajstić information content (AvgIpc) is 3.24. The highest BCUT2D eigenvalue weighted by Gasteiger charge is 2.65. The zero-order valence-corrected chi connectivity index (χ0v) is 27.8. The van der Waals surface area contributed by atoms with Crippen LogP contribution in [-0.2, 0) is 14.9 Å². The molecule has 0 aromatic heterocycles. The SMILES string of the molecule is C[C@@H](CCC(=O)NCCC[N+](C)(C)CC(O)CS(=O)(=O)O)[C@@H]1CC[C@@H]2[C@@H]3[C@H](O)C[C@H]4C[C@H](O)CC[C@]4(C)[C@H]3C[C@H](O)[C@@]21C. The third-order valence-electron chi connectivity index (χ3n) is 12.7. The van der Waals surface area contributed by atoms with Crippen molar-refractivity contribution in [2.45, 2.75) is 109 Å². The smallest absolute Gasteiger partial charge is 0.267 e. The van der Waals surface area contributed by atoms with E-state index >= 15 is 0 Å². The maximum Gasteiger partial charge on any atom is 0.267 e. The van der Waals surface area contributed by atoms with Crippen LogP contribution < -0.4 is 5.32 Å². The number of nitrogens with one attached hydrogen (secondary N) is 1. The summed E-state index contributed by atoms with van der Waals surface area (Å²) in [7, 11) is -0.484. The second-order valence-electron chi connectivity index (χ2n) is 16.0. The molecular formula is C32H59N2O8S+. The number of carbonyl (C=O) groups is 1. The topological polar surface area (TPSA) is 164 Å². The van der Waals surface area contributed by atoms with Crippen LogP contribution in [0.25, 0.3) is 0 Å². The Morgan fingerprint density at radius 2 is 1.74 bits per heavy atom. The van der Waals surface area contributed by atoms with Crippen molar-refractivity contribution in [2.75, 3.05) is 39.5 Å². The van der Waals surface area contributed by atoms with Gasteiger partial charge in [0, 0.05) is 19.4 Å². The van der Waals surface area contributed by atoms with E-state index in [-0.39, 0.29) is 59.2 Å². The Morgan fingerprint density at radius 1 is 1.05 bits per heavy atom. The van der Waals surface area contributed by atoms with E-state index in [4.69, 9.17) is 4.55 Å². The number of fused-ring (bicyclic) bond motifs is 5. The van der Waals surface area contributed by atoms with Gasteiger partial charge in [0.2, 0.25) is 5.91 Å². The van der Waals surface area contributed by atoms with Crippen molar-refractivity contribution in [3.05, 3.63) is 0 Å². The van der Waals surface area contributed by atoms with Crippen molar-refractivity contribution < 1.29 is 42.7 Å². The van der Waals surface area contributed by atoms with Crippen molar-refractivity contribution in [1.29, 1.82) is 0 Å². The number of rotatable bonds is 12. The lowest BCUT2D eigenvalue weighted by Gasteiger charge is -2.63. The van der Waals surface area contributed by atoms with E-state index in [1.807, 2.05) is 14.1 Å². The summed E-state index contributed by atoms with van der Waals surface area (Å²) in [5.41, 5.74) is -0.222. The number of carbonyl (C=O) groups excluding carboxylic acids is 1. The Morgan fingerprint density at radius 3 is 2.42 bits per heavy atom. The van der Waals surface area contributed by atoms with Crippen LogP contribution >= 0.6 is 0 Å². The van der Waals surface area contributed by atoms with E-state index in [2.05, 4.69) is 26.1 Å². The highest BCUT2D eigenvalue weighted by Crippen LogP contribution is 2.68. The number of aliphatic hydroxyl groups excluding tert-OH is 4. The molecule has 0 heterocycles. The van der Waals surface area contributed by atoms with E-state index in [9.17, 15) is 33.6 Å². The molecule has 12 atom stereocenters. The largest absolute Gasteiger partial charge is 0.393 e. The molecule has 10 nitrogen and oxygen atoms in total. The fourth-order valence-electron chi connectivity index (χ4n) is 10.5. The highest BCUT2D eigenvalue weighted by atomic mass is 32.2. The van der Waals surface area contributed by atoms with Crippen LogP contribution in [-0.4, -0.2) is 108 Å². The Bertz CT molecular complexity index is 1090. The molecule has 0 aliphatic heterocycles. The molecule has 0 saturated heterocycles. The minimum atomic E-state index is -4.23. The second kappa shape index (κ2) is 13.1. The third-order valence-corrected chi connectivity index (χ3v) is 13.5. The van der Waals surface area contributed by atoms with Crippen LogP contribution in [0.1, 0.15) is 85.0 Å². The van der Waals surface area contributed by atoms with E-state index in [0.717, 1.165) is 44.9 Å². The number of quaternary nitrogens is 1. The molecule has 4 aliphatic carbocycles. The van der Waals surface area contributed by atoms with Crippen LogP contribution in [0.2, 0.25) is 0 Å². The Kier molecular flexibility index (Phi) is 10.7. The van der Waals surface area contributed by atoms with Gasteiger partial charge in [0.15, 0.2) is 0 Å². The Hall–Kier alpha value is -0.820. The molecule has 0 radical (unpaired) electrons.